The smallest absolute Gasteiger partial charge is 0.186 e. The van der Waals surface area contributed by atoms with Gasteiger partial charge in [-0.05, 0) is 47.6 Å². The van der Waals surface area contributed by atoms with Crippen LogP contribution in [0.2, 0.25) is 0 Å². The maximum atomic E-state index is 9.89. The van der Waals surface area contributed by atoms with Crippen LogP contribution in [0.4, 0.5) is 0 Å². The lowest BCUT2D eigenvalue weighted by atomic mass is 9.90. The second kappa shape index (κ2) is 4.27. The van der Waals surface area contributed by atoms with Crippen molar-refractivity contribution in [2.75, 3.05) is 0 Å². The van der Waals surface area contributed by atoms with Crippen LogP contribution in [0.15, 0.2) is 18.3 Å². The summed E-state index contributed by atoms with van der Waals surface area (Å²) in [6.07, 6.45) is 1.29. The van der Waals surface area contributed by atoms with E-state index < -0.39 is 11.9 Å². The molecule has 0 aromatic carbocycles. The van der Waals surface area contributed by atoms with Gasteiger partial charge in [0.2, 0.25) is 0 Å². The van der Waals surface area contributed by atoms with Crippen molar-refractivity contribution in [3.8, 4) is 0 Å². The summed E-state index contributed by atoms with van der Waals surface area (Å²) >= 11 is 0. The Kier molecular flexibility index (Phi) is 3.24. The zero-order valence-corrected chi connectivity index (χ0v) is 12.5. The monoisotopic (exact) mass is 265 g/mol. The van der Waals surface area contributed by atoms with Crippen molar-refractivity contribution in [2.45, 2.75) is 64.6 Å². The fraction of sp³-hybridized carbons (Fsp3) is 0.667. The van der Waals surface area contributed by atoms with E-state index in [9.17, 15) is 5.11 Å². The molecule has 1 fully saturated rings. The van der Waals surface area contributed by atoms with E-state index in [1.165, 1.54) is 0 Å². The lowest BCUT2D eigenvalue weighted by molar-refractivity contribution is -0.0898. The zero-order valence-electron chi connectivity index (χ0n) is 12.5. The van der Waals surface area contributed by atoms with Crippen LogP contribution in [0.25, 0.3) is 0 Å². The van der Waals surface area contributed by atoms with Gasteiger partial charge >= 0.3 is 0 Å². The highest BCUT2D eigenvalue weighted by Crippen LogP contribution is 2.44. The fourth-order valence-corrected chi connectivity index (χ4v) is 1.89. The summed E-state index contributed by atoms with van der Waals surface area (Å²) in [5.74, 6) is 0. The minimum Gasteiger partial charge on any atom is -0.384 e. The van der Waals surface area contributed by atoms with Crippen LogP contribution in [0.5, 0.6) is 0 Å². The molecule has 1 aliphatic heterocycles. The second-order valence-electron chi connectivity index (χ2n) is 6.62. The number of hydrogen-bond donors (Lipinski definition) is 1. The molecule has 1 aromatic rings. The molecule has 0 saturated carbocycles. The first-order chi connectivity index (χ1) is 8.53. The lowest BCUT2D eigenvalue weighted by Gasteiger charge is -2.30. The highest BCUT2D eigenvalue weighted by Gasteiger charge is 2.49. The third-order valence-corrected chi connectivity index (χ3v) is 3.94. The van der Waals surface area contributed by atoms with E-state index in [1.807, 2.05) is 33.8 Å². The molecule has 0 atom stereocenters. The topological polar surface area (TPSA) is 51.6 Å². The average Bonchev–Trinajstić information content (AvgIpc) is 2.47. The van der Waals surface area contributed by atoms with Gasteiger partial charge in [0.15, 0.2) is 6.29 Å². The molecule has 0 radical (unpaired) electrons. The standard InChI is InChI=1S/C15H23NO3/c1-13(2,17)11-8-7-10(9-16-11)12-18-14(3,4)15(5,6)19-12/h7-9,12,17H,1-6H3. The Morgan fingerprint density at radius 1 is 1.11 bits per heavy atom. The highest BCUT2D eigenvalue weighted by molar-refractivity contribution is 5.20. The van der Waals surface area contributed by atoms with E-state index in [2.05, 4.69) is 4.98 Å². The van der Waals surface area contributed by atoms with Gasteiger partial charge in [-0.2, -0.15) is 0 Å². The molecule has 1 saturated heterocycles. The summed E-state index contributed by atoms with van der Waals surface area (Å²) in [4.78, 5) is 4.28. The zero-order chi connectivity index (χ0) is 14.5. The first-order valence-corrected chi connectivity index (χ1v) is 6.57. The van der Waals surface area contributed by atoms with Crippen molar-refractivity contribution in [3.63, 3.8) is 0 Å². The predicted octanol–water partition coefficient (Wildman–Crippen LogP) is 2.91. The Labute approximate surface area is 114 Å². The number of hydrogen-bond acceptors (Lipinski definition) is 4. The Hall–Kier alpha value is -0.970. The van der Waals surface area contributed by atoms with Crippen molar-refractivity contribution < 1.29 is 14.6 Å². The molecule has 0 bridgehead atoms. The SMILES string of the molecule is CC(C)(O)c1ccc(C2OC(C)(C)C(C)(C)O2)cn1. The molecule has 106 valence electrons. The molecule has 1 aromatic heterocycles. The summed E-state index contributed by atoms with van der Waals surface area (Å²) in [5, 5.41) is 9.89. The van der Waals surface area contributed by atoms with Gasteiger partial charge in [-0.25, -0.2) is 0 Å². The number of rotatable bonds is 2. The fourth-order valence-electron chi connectivity index (χ4n) is 1.89. The first kappa shape index (κ1) is 14.4. The van der Waals surface area contributed by atoms with Crippen molar-refractivity contribution in [2.24, 2.45) is 0 Å². The molecular formula is C15H23NO3. The quantitative estimate of drug-likeness (QED) is 0.893. The third-order valence-electron chi connectivity index (χ3n) is 3.94. The molecule has 2 heterocycles. The predicted molar refractivity (Wildman–Crippen MR) is 72.6 cm³/mol. The summed E-state index contributed by atoms with van der Waals surface area (Å²) < 4.78 is 11.9. The van der Waals surface area contributed by atoms with Crippen LogP contribution in [0, 0.1) is 0 Å². The molecule has 1 N–H and O–H groups in total. The van der Waals surface area contributed by atoms with Crippen molar-refractivity contribution >= 4 is 0 Å². The summed E-state index contributed by atoms with van der Waals surface area (Å²) in [6.45, 7) is 11.5. The molecule has 4 heteroatoms. The average molecular weight is 265 g/mol. The first-order valence-electron chi connectivity index (χ1n) is 6.57. The number of aliphatic hydroxyl groups is 1. The summed E-state index contributed by atoms with van der Waals surface area (Å²) in [5.41, 5.74) is -0.146. The second-order valence-corrected chi connectivity index (χ2v) is 6.62. The largest absolute Gasteiger partial charge is 0.384 e. The molecule has 0 aliphatic carbocycles. The molecule has 2 rings (SSSR count). The minimum atomic E-state index is -0.936. The van der Waals surface area contributed by atoms with Gasteiger partial charge in [-0.15, -0.1) is 0 Å². The molecular weight excluding hydrogens is 242 g/mol. The van der Waals surface area contributed by atoms with Crippen LogP contribution >= 0.6 is 0 Å². The van der Waals surface area contributed by atoms with Crippen molar-refractivity contribution in [3.05, 3.63) is 29.6 Å². The minimum absolute atomic E-state index is 0.355. The third kappa shape index (κ3) is 2.66. The van der Waals surface area contributed by atoms with Crippen LogP contribution in [-0.4, -0.2) is 21.3 Å². The van der Waals surface area contributed by atoms with Crippen molar-refractivity contribution in [1.29, 1.82) is 0 Å². The number of nitrogens with zero attached hydrogens (tertiary/aromatic N) is 1. The van der Waals surface area contributed by atoms with E-state index in [1.54, 1.807) is 26.1 Å². The van der Waals surface area contributed by atoms with E-state index in [4.69, 9.17) is 9.47 Å². The molecule has 0 spiro atoms. The molecule has 0 amide bonds. The van der Waals surface area contributed by atoms with Gasteiger partial charge in [0.05, 0.1) is 16.9 Å². The normalized spacial score (nSPS) is 22.7. The highest BCUT2D eigenvalue weighted by atomic mass is 16.7. The lowest BCUT2D eigenvalue weighted by Crippen LogP contribution is -2.41. The Balaban J connectivity index is 2.22. The molecule has 1 aliphatic rings. The van der Waals surface area contributed by atoms with Crippen LogP contribution in [0.1, 0.15) is 59.1 Å². The maximum absolute atomic E-state index is 9.89. The van der Waals surface area contributed by atoms with Gasteiger partial charge in [0.25, 0.3) is 0 Å². The van der Waals surface area contributed by atoms with E-state index in [0.29, 0.717) is 5.69 Å². The molecule has 19 heavy (non-hydrogen) atoms. The van der Waals surface area contributed by atoms with E-state index in [-0.39, 0.29) is 11.2 Å². The van der Waals surface area contributed by atoms with Crippen molar-refractivity contribution in [1.82, 2.24) is 4.98 Å². The Bertz CT molecular complexity index is 441. The van der Waals surface area contributed by atoms with Gasteiger partial charge in [-0.1, -0.05) is 6.07 Å². The van der Waals surface area contributed by atoms with Gasteiger partial charge < -0.3 is 14.6 Å². The van der Waals surface area contributed by atoms with Crippen LogP contribution in [-0.2, 0) is 15.1 Å². The molecule has 4 nitrogen and oxygen atoms in total. The summed E-state index contributed by atoms with van der Waals surface area (Å²) in [7, 11) is 0. The maximum Gasteiger partial charge on any atom is 0.186 e. The Morgan fingerprint density at radius 3 is 2.00 bits per heavy atom. The number of ether oxygens (including phenoxy) is 2. The summed E-state index contributed by atoms with van der Waals surface area (Å²) in [6, 6.07) is 3.70. The van der Waals surface area contributed by atoms with Gasteiger partial charge in [-0.3, -0.25) is 4.98 Å². The van der Waals surface area contributed by atoms with Crippen LogP contribution < -0.4 is 0 Å². The molecule has 0 unspecified atom stereocenters. The van der Waals surface area contributed by atoms with E-state index in [0.717, 1.165) is 5.56 Å². The number of aromatic nitrogens is 1. The van der Waals surface area contributed by atoms with Gasteiger partial charge in [0.1, 0.15) is 5.60 Å². The van der Waals surface area contributed by atoms with Crippen LogP contribution in [0.3, 0.4) is 0 Å². The van der Waals surface area contributed by atoms with Gasteiger partial charge in [0, 0.05) is 11.8 Å². The number of pyridine rings is 1. The Morgan fingerprint density at radius 2 is 1.63 bits per heavy atom. The van der Waals surface area contributed by atoms with E-state index >= 15 is 0 Å².